The van der Waals surface area contributed by atoms with Crippen LogP contribution in [-0.4, -0.2) is 76.1 Å². The van der Waals surface area contributed by atoms with Crippen molar-refractivity contribution in [3.05, 3.63) is 98.8 Å². The standard InChI is InChI=1S/C36H42Br2N8O2/c1-43(2)15-8-16-45-32(25-9-4-3-5-10-25)22-40-34(45)31(21-24-19-28(37)33(39)29(38)20-24)42-35(47)44-17-13-27(14-18-44)46-23-26-11-6-7-12-30(26)41-36(46)48/h3-7,9-12,19-20,22,27,31H,8,13-18,21,23,39H2,1-2H3,(H,41,48)(H,42,47)/t31-/m1/s1. The number of nitrogens with zero attached hydrogens (tertiary/aromatic N) is 5. The highest BCUT2D eigenvalue weighted by atomic mass is 79.9. The summed E-state index contributed by atoms with van der Waals surface area (Å²) in [7, 11) is 4.15. The number of urea groups is 2. The molecule has 1 aromatic heterocycles. The van der Waals surface area contributed by atoms with Crippen molar-refractivity contribution in [2.45, 2.75) is 50.9 Å². The number of piperidine rings is 1. The maximum atomic E-state index is 14.0. The number of aromatic nitrogens is 2. The zero-order valence-corrected chi connectivity index (χ0v) is 30.5. The number of anilines is 2. The van der Waals surface area contributed by atoms with Crippen LogP contribution < -0.4 is 16.4 Å². The van der Waals surface area contributed by atoms with Crippen LogP contribution in [-0.2, 0) is 19.5 Å². The van der Waals surface area contributed by atoms with Gasteiger partial charge in [0, 0.05) is 53.3 Å². The maximum absolute atomic E-state index is 14.0. The average Bonchev–Trinajstić information content (AvgIpc) is 3.50. The molecule has 48 heavy (non-hydrogen) atoms. The number of nitrogens with one attached hydrogen (secondary N) is 2. The summed E-state index contributed by atoms with van der Waals surface area (Å²) < 4.78 is 3.84. The predicted molar refractivity (Wildman–Crippen MR) is 198 cm³/mol. The second kappa shape index (κ2) is 15.1. The van der Waals surface area contributed by atoms with Crippen LogP contribution in [0.15, 0.2) is 81.9 Å². The molecule has 1 saturated heterocycles. The molecule has 10 nitrogen and oxygen atoms in total. The third-order valence-corrected chi connectivity index (χ3v) is 10.5. The number of imidazole rings is 1. The fraction of sp³-hybridized carbons (Fsp3) is 0.361. The van der Waals surface area contributed by atoms with Crippen LogP contribution in [0, 0.1) is 0 Å². The normalized spacial score (nSPS) is 15.7. The van der Waals surface area contributed by atoms with Gasteiger partial charge in [-0.3, -0.25) is 0 Å². The van der Waals surface area contributed by atoms with E-state index in [0.717, 1.165) is 62.4 Å². The van der Waals surface area contributed by atoms with Crippen LogP contribution in [0.5, 0.6) is 0 Å². The molecular weight excluding hydrogens is 736 g/mol. The summed E-state index contributed by atoms with van der Waals surface area (Å²) in [5.74, 6) is 0.809. The molecule has 2 aliphatic rings. The van der Waals surface area contributed by atoms with Crippen molar-refractivity contribution < 1.29 is 9.59 Å². The molecule has 12 heteroatoms. The lowest BCUT2D eigenvalue weighted by atomic mass is 10.0. The van der Waals surface area contributed by atoms with Gasteiger partial charge in [0.05, 0.1) is 23.6 Å². The van der Waals surface area contributed by atoms with Crippen LogP contribution >= 0.6 is 31.9 Å². The molecule has 0 spiro atoms. The molecule has 1 atom stereocenters. The zero-order chi connectivity index (χ0) is 33.8. The van der Waals surface area contributed by atoms with Gasteiger partial charge in [0.15, 0.2) is 0 Å². The van der Waals surface area contributed by atoms with Crippen molar-refractivity contribution in [1.29, 1.82) is 0 Å². The van der Waals surface area contributed by atoms with Crippen molar-refractivity contribution in [1.82, 2.24) is 29.6 Å². The predicted octanol–water partition coefficient (Wildman–Crippen LogP) is 7.11. The van der Waals surface area contributed by atoms with E-state index < -0.39 is 6.04 Å². The maximum Gasteiger partial charge on any atom is 0.322 e. The lowest BCUT2D eigenvalue weighted by molar-refractivity contribution is 0.127. The van der Waals surface area contributed by atoms with E-state index in [0.29, 0.717) is 44.6 Å². The van der Waals surface area contributed by atoms with E-state index in [1.54, 1.807) is 0 Å². The first-order valence-electron chi connectivity index (χ1n) is 16.4. The van der Waals surface area contributed by atoms with Crippen LogP contribution in [0.3, 0.4) is 0 Å². The second-order valence-electron chi connectivity index (χ2n) is 12.8. The minimum absolute atomic E-state index is 0.0618. The Morgan fingerprint density at radius 2 is 1.75 bits per heavy atom. The molecule has 1 fully saturated rings. The Balaban J connectivity index is 1.23. The van der Waals surface area contributed by atoms with Crippen molar-refractivity contribution >= 4 is 55.3 Å². The number of nitrogens with two attached hydrogens (primary N) is 1. The number of carbonyl (C=O) groups is 2. The number of carbonyl (C=O) groups excluding carboxylic acids is 2. The average molecular weight is 779 g/mol. The summed E-state index contributed by atoms with van der Waals surface area (Å²) in [5, 5.41) is 6.39. The van der Waals surface area contributed by atoms with Gasteiger partial charge in [-0.05, 0) is 107 Å². The van der Waals surface area contributed by atoms with Crippen LogP contribution in [0.1, 0.15) is 42.3 Å². The number of rotatable bonds is 10. The number of hydrogen-bond acceptors (Lipinski definition) is 5. The Morgan fingerprint density at radius 1 is 1.06 bits per heavy atom. The lowest BCUT2D eigenvalue weighted by Gasteiger charge is -2.40. The van der Waals surface area contributed by atoms with Crippen LogP contribution in [0.4, 0.5) is 21.0 Å². The molecule has 0 saturated carbocycles. The Morgan fingerprint density at radius 3 is 2.46 bits per heavy atom. The Hall–Kier alpha value is -3.87. The van der Waals surface area contributed by atoms with E-state index in [1.807, 2.05) is 64.5 Å². The van der Waals surface area contributed by atoms with E-state index in [9.17, 15) is 9.59 Å². The molecular formula is C36H42Br2N8O2. The quantitative estimate of drug-likeness (QED) is 0.149. The number of amides is 4. The van der Waals surface area contributed by atoms with Crippen molar-refractivity contribution in [3.8, 4) is 11.3 Å². The molecule has 0 aliphatic carbocycles. The van der Waals surface area contributed by atoms with E-state index in [4.69, 9.17) is 10.7 Å². The van der Waals surface area contributed by atoms with Gasteiger partial charge in [0.2, 0.25) is 0 Å². The first kappa shape index (κ1) is 34.0. The van der Waals surface area contributed by atoms with E-state index in [-0.39, 0.29) is 18.1 Å². The SMILES string of the molecule is CN(C)CCCn1c(-c2ccccc2)cnc1[C@@H](Cc1cc(Br)c(N)c(Br)c1)NC(=O)N1CCC(N2Cc3ccccc3NC2=O)CC1. The summed E-state index contributed by atoms with van der Waals surface area (Å²) in [5.41, 5.74) is 11.9. The number of nitrogen functional groups attached to an aromatic ring is 1. The fourth-order valence-electron chi connectivity index (χ4n) is 6.62. The molecule has 4 N–H and O–H groups in total. The van der Waals surface area contributed by atoms with Gasteiger partial charge in [-0.15, -0.1) is 0 Å². The van der Waals surface area contributed by atoms with Gasteiger partial charge in [0.25, 0.3) is 0 Å². The lowest BCUT2D eigenvalue weighted by Crippen LogP contribution is -2.53. The molecule has 6 rings (SSSR count). The zero-order valence-electron chi connectivity index (χ0n) is 27.3. The number of halogens is 2. The Labute approximate surface area is 298 Å². The first-order chi connectivity index (χ1) is 23.2. The first-order valence-corrected chi connectivity index (χ1v) is 18.0. The monoisotopic (exact) mass is 776 g/mol. The van der Waals surface area contributed by atoms with Gasteiger partial charge in [-0.25, -0.2) is 14.6 Å². The fourth-order valence-corrected chi connectivity index (χ4v) is 7.90. The van der Waals surface area contributed by atoms with Gasteiger partial charge in [0.1, 0.15) is 5.82 Å². The summed E-state index contributed by atoms with van der Waals surface area (Å²) in [6.45, 7) is 3.37. The minimum Gasteiger partial charge on any atom is -0.397 e. The molecule has 252 valence electrons. The number of fused-ring (bicyclic) bond motifs is 1. The molecule has 0 bridgehead atoms. The molecule has 0 unspecified atom stereocenters. The summed E-state index contributed by atoms with van der Waals surface area (Å²) in [6.07, 6.45) is 4.79. The van der Waals surface area contributed by atoms with Crippen molar-refractivity contribution in [2.24, 2.45) is 0 Å². The summed E-state index contributed by atoms with van der Waals surface area (Å²) >= 11 is 7.19. The van der Waals surface area contributed by atoms with Crippen LogP contribution in [0.25, 0.3) is 11.3 Å². The molecule has 4 aromatic rings. The minimum atomic E-state index is -0.404. The topological polar surface area (TPSA) is 112 Å². The van der Waals surface area contributed by atoms with E-state index in [1.165, 1.54) is 0 Å². The molecule has 3 aromatic carbocycles. The number of benzene rings is 3. The highest BCUT2D eigenvalue weighted by Gasteiger charge is 2.33. The van der Waals surface area contributed by atoms with Gasteiger partial charge < -0.3 is 35.6 Å². The molecule has 3 heterocycles. The third-order valence-electron chi connectivity index (χ3n) is 9.18. The van der Waals surface area contributed by atoms with Crippen molar-refractivity contribution in [2.75, 3.05) is 44.8 Å². The Kier molecular flexibility index (Phi) is 10.7. The second-order valence-corrected chi connectivity index (χ2v) is 14.5. The summed E-state index contributed by atoms with van der Waals surface area (Å²) in [6, 6.07) is 21.6. The highest BCUT2D eigenvalue weighted by molar-refractivity contribution is 9.11. The molecule has 0 radical (unpaired) electrons. The number of hydrogen-bond donors (Lipinski definition) is 3. The highest BCUT2D eigenvalue weighted by Crippen LogP contribution is 2.33. The van der Waals surface area contributed by atoms with E-state index in [2.05, 4.69) is 84.3 Å². The molecule has 2 aliphatic heterocycles. The van der Waals surface area contributed by atoms with Gasteiger partial charge in [-0.2, -0.15) is 0 Å². The smallest absolute Gasteiger partial charge is 0.322 e. The summed E-state index contributed by atoms with van der Waals surface area (Å²) in [4.78, 5) is 37.9. The number of para-hydroxylation sites is 1. The van der Waals surface area contributed by atoms with Crippen molar-refractivity contribution in [3.63, 3.8) is 0 Å². The van der Waals surface area contributed by atoms with Gasteiger partial charge in [-0.1, -0.05) is 48.5 Å². The van der Waals surface area contributed by atoms with E-state index >= 15 is 0 Å². The third kappa shape index (κ3) is 7.71. The molecule has 4 amide bonds. The number of likely N-dealkylation sites (tertiary alicyclic amines) is 1. The largest absolute Gasteiger partial charge is 0.397 e. The van der Waals surface area contributed by atoms with Gasteiger partial charge >= 0.3 is 12.1 Å². The Bertz CT molecular complexity index is 1730. The van der Waals surface area contributed by atoms with Crippen LogP contribution in [0.2, 0.25) is 0 Å².